The van der Waals surface area contributed by atoms with Gasteiger partial charge < -0.3 is 5.11 Å². The maximum absolute atomic E-state index is 11.6. The molecule has 0 bridgehead atoms. The maximum atomic E-state index is 11.6. The van der Waals surface area contributed by atoms with Crippen LogP contribution in [0.15, 0.2) is 66.3 Å². The largest absolute Gasteiger partial charge is 0.481 e. The van der Waals surface area contributed by atoms with Crippen LogP contribution in [0.25, 0.3) is 10.1 Å². The number of carboxylic acid groups (broad SMARTS) is 1. The molecule has 1 atom stereocenters. The van der Waals surface area contributed by atoms with Crippen LogP contribution in [0.4, 0.5) is 0 Å². The summed E-state index contributed by atoms with van der Waals surface area (Å²) in [5, 5.41) is 9.50. The van der Waals surface area contributed by atoms with Crippen LogP contribution in [0.5, 0.6) is 0 Å². The molecule has 1 aliphatic rings. The lowest BCUT2D eigenvalue weighted by molar-refractivity contribution is -0.137. The van der Waals surface area contributed by atoms with Gasteiger partial charge in [-0.3, -0.25) is 9.59 Å². The molecule has 0 amide bonds. The zero-order valence-corrected chi connectivity index (χ0v) is 17.4. The summed E-state index contributed by atoms with van der Waals surface area (Å²) in [6, 6.07) is 10.7. The molecule has 1 heterocycles. The van der Waals surface area contributed by atoms with E-state index in [2.05, 4.69) is 42.5 Å². The molecule has 3 nitrogen and oxygen atoms in total. The van der Waals surface area contributed by atoms with Gasteiger partial charge in [0.1, 0.15) is 0 Å². The minimum absolute atomic E-state index is 0.0781. The molecule has 0 fully saturated rings. The number of thiophene rings is 1. The smallest absolute Gasteiger partial charge is 0.303 e. The van der Waals surface area contributed by atoms with Crippen molar-refractivity contribution >= 4 is 33.2 Å². The number of benzene rings is 1. The Kier molecular flexibility index (Phi) is 8.89. The van der Waals surface area contributed by atoms with Crippen LogP contribution in [-0.2, 0) is 16.0 Å². The van der Waals surface area contributed by atoms with Crippen molar-refractivity contribution in [2.45, 2.75) is 46.0 Å². The standard InChI is InChI=1S/C17H16OS.C7H12O2/c1-12-9-13(16(18)10-12)6-4-7-15-11-14-5-2-3-8-17(14)19-15;1-2-3-4-5-6-7(8)9/h2-6,8,10-11,13H,7,9H2,1H3;2-3H,4-6H2,1H3,(H,8,9)/b6-4+;3-2-. The van der Waals surface area contributed by atoms with Crippen LogP contribution in [0.1, 0.15) is 44.4 Å². The molecule has 0 saturated carbocycles. The van der Waals surface area contributed by atoms with E-state index in [1.807, 2.05) is 37.3 Å². The van der Waals surface area contributed by atoms with Crippen LogP contribution in [0.3, 0.4) is 0 Å². The summed E-state index contributed by atoms with van der Waals surface area (Å²) in [5.41, 5.74) is 1.20. The van der Waals surface area contributed by atoms with E-state index in [1.54, 1.807) is 6.08 Å². The highest BCUT2D eigenvalue weighted by Gasteiger charge is 2.19. The monoisotopic (exact) mass is 396 g/mol. The van der Waals surface area contributed by atoms with Gasteiger partial charge in [-0.1, -0.05) is 48.1 Å². The Bertz CT molecular complexity index is 853. The number of allylic oxidation sites excluding steroid dienone is 6. The number of carboxylic acids is 1. The average molecular weight is 397 g/mol. The van der Waals surface area contributed by atoms with Gasteiger partial charge in [0.05, 0.1) is 0 Å². The summed E-state index contributed by atoms with van der Waals surface area (Å²) in [4.78, 5) is 22.9. The number of carbonyl (C=O) groups is 2. The number of ketones is 1. The third kappa shape index (κ3) is 7.28. The lowest BCUT2D eigenvalue weighted by Crippen LogP contribution is -2.02. The van der Waals surface area contributed by atoms with Gasteiger partial charge in [-0.15, -0.1) is 11.3 Å². The first-order valence-electron chi connectivity index (χ1n) is 9.67. The lowest BCUT2D eigenvalue weighted by atomic mass is 10.0. The van der Waals surface area contributed by atoms with Crippen molar-refractivity contribution in [1.82, 2.24) is 0 Å². The van der Waals surface area contributed by atoms with Crippen molar-refractivity contribution in [2.75, 3.05) is 0 Å². The minimum Gasteiger partial charge on any atom is -0.481 e. The number of hydrogen-bond donors (Lipinski definition) is 1. The molecule has 0 saturated heterocycles. The quantitative estimate of drug-likeness (QED) is 0.438. The van der Waals surface area contributed by atoms with Gasteiger partial charge in [0.2, 0.25) is 0 Å². The van der Waals surface area contributed by atoms with Crippen molar-refractivity contribution in [2.24, 2.45) is 5.92 Å². The summed E-state index contributed by atoms with van der Waals surface area (Å²) >= 11 is 1.83. The first kappa shape index (κ1) is 21.8. The second-order valence-electron chi connectivity index (χ2n) is 6.94. The van der Waals surface area contributed by atoms with E-state index < -0.39 is 5.97 Å². The van der Waals surface area contributed by atoms with E-state index in [9.17, 15) is 9.59 Å². The lowest BCUT2D eigenvalue weighted by Gasteiger charge is -2.00. The molecule has 1 N–H and O–H groups in total. The van der Waals surface area contributed by atoms with E-state index in [4.69, 9.17) is 5.11 Å². The van der Waals surface area contributed by atoms with Crippen LogP contribution in [0, 0.1) is 5.92 Å². The van der Waals surface area contributed by atoms with E-state index in [-0.39, 0.29) is 18.1 Å². The number of carbonyl (C=O) groups excluding carboxylic acids is 1. The maximum Gasteiger partial charge on any atom is 0.303 e. The summed E-state index contributed by atoms with van der Waals surface area (Å²) in [5.74, 6) is -0.376. The van der Waals surface area contributed by atoms with Gasteiger partial charge in [0, 0.05) is 21.9 Å². The number of fused-ring (bicyclic) bond motifs is 1. The van der Waals surface area contributed by atoms with Crippen molar-refractivity contribution in [1.29, 1.82) is 0 Å². The number of unbranched alkanes of at least 4 members (excludes halogenated alkanes) is 1. The molecule has 148 valence electrons. The fraction of sp³-hybridized carbons (Fsp3) is 0.333. The van der Waals surface area contributed by atoms with Crippen LogP contribution < -0.4 is 0 Å². The third-order valence-corrected chi connectivity index (χ3v) is 5.60. The molecule has 0 aliphatic heterocycles. The Hall–Kier alpha value is -2.46. The Balaban J connectivity index is 0.000000266. The number of rotatable bonds is 7. The first-order valence-corrected chi connectivity index (χ1v) is 10.5. The highest BCUT2D eigenvalue weighted by Crippen LogP contribution is 2.26. The van der Waals surface area contributed by atoms with E-state index >= 15 is 0 Å². The first-order chi connectivity index (χ1) is 13.5. The molecule has 1 aliphatic carbocycles. The summed E-state index contributed by atoms with van der Waals surface area (Å²) in [6.07, 6.45) is 13.6. The third-order valence-electron chi connectivity index (χ3n) is 4.46. The molecule has 0 radical (unpaired) electrons. The zero-order chi connectivity index (χ0) is 20.4. The van der Waals surface area contributed by atoms with E-state index in [1.165, 1.54) is 20.5 Å². The van der Waals surface area contributed by atoms with Gasteiger partial charge in [0.15, 0.2) is 5.78 Å². The Morgan fingerprint density at radius 3 is 2.71 bits per heavy atom. The topological polar surface area (TPSA) is 54.4 Å². The summed E-state index contributed by atoms with van der Waals surface area (Å²) in [6.45, 7) is 3.96. The van der Waals surface area contributed by atoms with Crippen molar-refractivity contribution in [3.63, 3.8) is 0 Å². The molecular weight excluding hydrogens is 368 g/mol. The molecule has 1 aromatic heterocycles. The minimum atomic E-state index is -0.709. The molecule has 3 rings (SSSR count). The second kappa shape index (κ2) is 11.4. The van der Waals surface area contributed by atoms with Crippen LogP contribution in [0.2, 0.25) is 0 Å². The highest BCUT2D eigenvalue weighted by molar-refractivity contribution is 7.19. The van der Waals surface area contributed by atoms with Gasteiger partial charge in [0.25, 0.3) is 0 Å². The molecule has 28 heavy (non-hydrogen) atoms. The van der Waals surface area contributed by atoms with E-state index in [0.717, 1.165) is 25.7 Å². The van der Waals surface area contributed by atoms with Crippen molar-refractivity contribution in [3.05, 3.63) is 71.2 Å². The average Bonchev–Trinajstić information content (AvgIpc) is 3.21. The molecule has 1 unspecified atom stereocenters. The fourth-order valence-electron chi connectivity index (χ4n) is 3.04. The zero-order valence-electron chi connectivity index (χ0n) is 16.6. The predicted molar refractivity (Wildman–Crippen MR) is 118 cm³/mol. The highest BCUT2D eigenvalue weighted by atomic mass is 32.1. The predicted octanol–water partition coefficient (Wildman–Crippen LogP) is 6.35. The molecule has 2 aromatic rings. The van der Waals surface area contributed by atoms with Crippen molar-refractivity contribution in [3.8, 4) is 0 Å². The molecule has 4 heteroatoms. The van der Waals surface area contributed by atoms with Crippen molar-refractivity contribution < 1.29 is 14.7 Å². The SMILES string of the molecule is C/C=C\CCCC(=O)O.CC1=CC(=O)C(/C=C/Cc2cc3ccccc3s2)C1. The molecular formula is C24H28O3S. The second-order valence-corrected chi connectivity index (χ2v) is 8.11. The van der Waals surface area contributed by atoms with Gasteiger partial charge >= 0.3 is 5.97 Å². The number of aliphatic carboxylic acids is 1. The number of hydrogen-bond acceptors (Lipinski definition) is 3. The van der Waals surface area contributed by atoms with Crippen LogP contribution in [-0.4, -0.2) is 16.9 Å². The molecule has 1 aromatic carbocycles. The Morgan fingerprint density at radius 2 is 2.07 bits per heavy atom. The van der Waals surface area contributed by atoms with E-state index in [0.29, 0.717) is 0 Å². The Labute approximate surface area is 171 Å². The summed E-state index contributed by atoms with van der Waals surface area (Å²) in [7, 11) is 0. The Morgan fingerprint density at radius 1 is 1.29 bits per heavy atom. The normalized spacial score (nSPS) is 16.6. The fourth-order valence-corrected chi connectivity index (χ4v) is 4.08. The van der Waals surface area contributed by atoms with Gasteiger partial charge in [-0.2, -0.15) is 0 Å². The summed E-state index contributed by atoms with van der Waals surface area (Å²) < 4.78 is 1.33. The van der Waals surface area contributed by atoms with Gasteiger partial charge in [-0.25, -0.2) is 0 Å². The van der Waals surface area contributed by atoms with Gasteiger partial charge in [-0.05, 0) is 63.1 Å². The molecule has 0 spiro atoms. The van der Waals surface area contributed by atoms with Crippen LogP contribution >= 0.6 is 11.3 Å².